The zero-order chi connectivity index (χ0) is 11.5. The standard InChI is InChI=1S/C10H11O2.2CH3.Bi/c1-8(2)10(11)12-9-6-4-3-5-7-9;;;/h3-7H,1-2H3;2*1H3;. The molecule has 3 heteroatoms. The molecule has 0 saturated heterocycles. The second kappa shape index (κ2) is 5.07. The fraction of sp³-hybridized carbons (Fsp3) is 0.417. The van der Waals surface area contributed by atoms with E-state index in [-0.39, 0.29) is 9.09 Å². The molecule has 1 aromatic carbocycles. The normalized spacial score (nSPS) is 11.5. The third-order valence-corrected chi connectivity index (χ3v) is 12.0. The van der Waals surface area contributed by atoms with E-state index in [1.54, 1.807) is 0 Å². The molecule has 0 radical (unpaired) electrons. The number of hydrogen-bond acceptors (Lipinski definition) is 2. The van der Waals surface area contributed by atoms with Crippen molar-refractivity contribution in [3.8, 4) is 5.75 Å². The summed E-state index contributed by atoms with van der Waals surface area (Å²) in [6.07, 6.45) is 0. The molecule has 0 aliphatic heterocycles. The Bertz CT molecular complexity index is 331. The molecule has 0 atom stereocenters. The van der Waals surface area contributed by atoms with Gasteiger partial charge in [-0.1, -0.05) is 0 Å². The van der Waals surface area contributed by atoms with Crippen LogP contribution in [0.5, 0.6) is 5.75 Å². The number of rotatable bonds is 3. The number of benzene rings is 1. The molecule has 1 aromatic rings. The summed E-state index contributed by atoms with van der Waals surface area (Å²) in [5, 5.41) is 0. The molecular weight excluding hydrogens is 385 g/mol. The molecule has 0 N–H and O–H groups in total. The van der Waals surface area contributed by atoms with Gasteiger partial charge in [0.2, 0.25) is 0 Å². The van der Waals surface area contributed by atoms with Crippen LogP contribution in [-0.4, -0.2) is 27.7 Å². The Labute approximate surface area is 99.3 Å². The first-order valence-electron chi connectivity index (χ1n) is 4.89. The van der Waals surface area contributed by atoms with Crippen molar-refractivity contribution in [3.05, 3.63) is 30.3 Å². The van der Waals surface area contributed by atoms with Gasteiger partial charge in [0.25, 0.3) is 0 Å². The molecule has 15 heavy (non-hydrogen) atoms. The number of esters is 1. The number of ether oxygens (including phenoxy) is 1. The van der Waals surface area contributed by atoms with Crippen molar-refractivity contribution in [1.29, 1.82) is 0 Å². The second-order valence-corrected chi connectivity index (χ2v) is 15.5. The topological polar surface area (TPSA) is 26.3 Å². The van der Waals surface area contributed by atoms with E-state index in [4.69, 9.17) is 4.74 Å². The third kappa shape index (κ3) is 3.27. The number of para-hydroxylation sites is 1. The summed E-state index contributed by atoms with van der Waals surface area (Å²) in [6, 6.07) is 9.26. The van der Waals surface area contributed by atoms with Gasteiger partial charge in [-0.2, -0.15) is 0 Å². The third-order valence-electron chi connectivity index (χ3n) is 2.57. The minimum atomic E-state index is -1.67. The van der Waals surface area contributed by atoms with Crippen molar-refractivity contribution >= 4 is 27.7 Å². The van der Waals surface area contributed by atoms with Crippen molar-refractivity contribution in [3.63, 3.8) is 0 Å². The molecule has 0 amide bonds. The first kappa shape index (κ1) is 12.6. The van der Waals surface area contributed by atoms with Crippen LogP contribution >= 0.6 is 0 Å². The molecule has 82 valence electrons. The Morgan fingerprint density at radius 1 is 1.20 bits per heavy atom. The fourth-order valence-electron chi connectivity index (χ4n) is 0.903. The van der Waals surface area contributed by atoms with E-state index in [1.807, 2.05) is 44.2 Å². The maximum absolute atomic E-state index is 11.9. The monoisotopic (exact) mass is 402 g/mol. The number of carbonyl (C=O) groups excluding carboxylic acids is 1. The molecule has 0 aromatic heterocycles. The van der Waals surface area contributed by atoms with Crippen molar-refractivity contribution in [2.45, 2.75) is 26.2 Å². The first-order valence-corrected chi connectivity index (χ1v) is 13.6. The van der Waals surface area contributed by atoms with Gasteiger partial charge >= 0.3 is 99.6 Å². The van der Waals surface area contributed by atoms with Gasteiger partial charge in [0.15, 0.2) is 0 Å². The summed E-state index contributed by atoms with van der Waals surface area (Å²) in [5.74, 6) is 0.554. The van der Waals surface area contributed by atoms with Gasteiger partial charge in [-0.05, 0) is 0 Å². The van der Waals surface area contributed by atoms with E-state index in [0.717, 1.165) is 0 Å². The van der Waals surface area contributed by atoms with E-state index in [2.05, 4.69) is 9.26 Å². The van der Waals surface area contributed by atoms with Crippen LogP contribution in [0.25, 0.3) is 0 Å². The SMILES string of the molecule is [CH3][Bi]([CH3])[C](C)(C)C(=O)Oc1ccccc1. The Hall–Kier alpha value is -0.427. The fourth-order valence-corrected chi connectivity index (χ4v) is 2.50. The van der Waals surface area contributed by atoms with Crippen molar-refractivity contribution < 1.29 is 9.53 Å². The minimum absolute atomic E-state index is 0.0866. The molecule has 0 heterocycles. The van der Waals surface area contributed by atoms with E-state index in [0.29, 0.717) is 5.75 Å². The van der Waals surface area contributed by atoms with Crippen LogP contribution in [0.1, 0.15) is 13.8 Å². The maximum atomic E-state index is 11.9. The molecule has 1 rings (SSSR count). The Morgan fingerprint density at radius 2 is 1.73 bits per heavy atom. The van der Waals surface area contributed by atoms with Gasteiger partial charge in [0, 0.05) is 0 Å². The second-order valence-electron chi connectivity index (χ2n) is 4.16. The van der Waals surface area contributed by atoms with Crippen LogP contribution in [0, 0.1) is 0 Å². The van der Waals surface area contributed by atoms with Gasteiger partial charge in [0.1, 0.15) is 0 Å². The molecule has 0 bridgehead atoms. The van der Waals surface area contributed by atoms with E-state index in [1.165, 1.54) is 0 Å². The van der Waals surface area contributed by atoms with Crippen LogP contribution in [0.15, 0.2) is 30.3 Å². The van der Waals surface area contributed by atoms with E-state index >= 15 is 0 Å². The summed E-state index contributed by atoms with van der Waals surface area (Å²) < 4.78 is 9.56. The molecule has 0 unspecified atom stereocenters. The molecular formula is C12H17BiO2. The van der Waals surface area contributed by atoms with Gasteiger partial charge in [-0.25, -0.2) is 0 Å². The quantitative estimate of drug-likeness (QED) is 0.441. The van der Waals surface area contributed by atoms with Gasteiger partial charge in [-0.15, -0.1) is 0 Å². The van der Waals surface area contributed by atoms with Crippen LogP contribution in [0.4, 0.5) is 0 Å². The average molecular weight is 402 g/mol. The van der Waals surface area contributed by atoms with Gasteiger partial charge in [0.05, 0.1) is 0 Å². The molecule has 0 aliphatic rings. The van der Waals surface area contributed by atoms with Crippen LogP contribution in [-0.2, 0) is 4.79 Å². The Balaban J connectivity index is 2.72. The summed E-state index contributed by atoms with van der Waals surface area (Å²) in [4.78, 5) is 11.9. The van der Waals surface area contributed by atoms with Crippen LogP contribution in [0.2, 0.25) is 12.4 Å². The molecule has 2 nitrogen and oxygen atoms in total. The van der Waals surface area contributed by atoms with Gasteiger partial charge in [-0.3, -0.25) is 0 Å². The van der Waals surface area contributed by atoms with Crippen molar-refractivity contribution in [2.75, 3.05) is 0 Å². The molecule has 0 aliphatic carbocycles. The predicted octanol–water partition coefficient (Wildman–Crippen LogP) is 3.13. The molecule has 0 spiro atoms. The summed E-state index contributed by atoms with van der Waals surface area (Å²) in [6.45, 7) is 3.99. The number of carbonyl (C=O) groups is 1. The Kier molecular flexibility index (Phi) is 4.27. The summed E-state index contributed by atoms with van der Waals surface area (Å²) in [7, 11) is 0. The molecule has 0 saturated carbocycles. The summed E-state index contributed by atoms with van der Waals surface area (Å²) in [5.41, 5.74) is 0. The summed E-state index contributed by atoms with van der Waals surface area (Å²) >= 11 is -1.67. The van der Waals surface area contributed by atoms with Crippen molar-refractivity contribution in [1.82, 2.24) is 0 Å². The zero-order valence-electron chi connectivity index (χ0n) is 9.65. The van der Waals surface area contributed by atoms with Crippen LogP contribution < -0.4 is 4.74 Å². The Morgan fingerprint density at radius 3 is 2.20 bits per heavy atom. The van der Waals surface area contributed by atoms with Crippen molar-refractivity contribution in [2.24, 2.45) is 0 Å². The van der Waals surface area contributed by atoms with Gasteiger partial charge < -0.3 is 0 Å². The zero-order valence-corrected chi connectivity index (χ0v) is 13.1. The first-order chi connectivity index (χ1) is 6.94. The average Bonchev–Trinajstić information content (AvgIpc) is 2.18. The van der Waals surface area contributed by atoms with E-state index in [9.17, 15) is 4.79 Å². The van der Waals surface area contributed by atoms with Crippen LogP contribution in [0.3, 0.4) is 0 Å². The predicted molar refractivity (Wildman–Crippen MR) is 63.6 cm³/mol. The molecule has 0 fully saturated rings. The van der Waals surface area contributed by atoms with E-state index < -0.39 is 21.8 Å². The number of hydrogen-bond donors (Lipinski definition) is 0.